The van der Waals surface area contributed by atoms with E-state index in [0.717, 1.165) is 56.4 Å². The molecule has 0 bridgehead atoms. The van der Waals surface area contributed by atoms with Gasteiger partial charge in [-0.1, -0.05) is 24.5 Å². The van der Waals surface area contributed by atoms with Crippen LogP contribution in [0.2, 0.25) is 0 Å². The number of hydrogen-bond donors (Lipinski definition) is 1. The van der Waals surface area contributed by atoms with E-state index in [9.17, 15) is 5.11 Å². The number of nitrogens with zero attached hydrogens (tertiary/aromatic N) is 1. The molecule has 1 aromatic rings. The van der Waals surface area contributed by atoms with Crippen LogP contribution in [-0.4, -0.2) is 30.3 Å². The van der Waals surface area contributed by atoms with Crippen LogP contribution in [-0.2, 0) is 0 Å². The molecule has 4 heteroatoms. The number of aliphatic imine (C=N–C) groups is 1. The molecule has 1 aromatic carbocycles. The molecule has 0 amide bonds. The van der Waals surface area contributed by atoms with E-state index in [1.807, 2.05) is 14.0 Å². The molecule has 33 heavy (non-hydrogen) atoms. The minimum atomic E-state index is -0.915. The predicted octanol–water partition coefficient (Wildman–Crippen LogP) is 5.57. The van der Waals surface area contributed by atoms with Crippen LogP contribution < -0.4 is 9.47 Å². The molecule has 6 rings (SSSR count). The summed E-state index contributed by atoms with van der Waals surface area (Å²) in [4.78, 5) is 4.50. The maximum Gasteiger partial charge on any atom is 0.231 e. The lowest BCUT2D eigenvalue weighted by Crippen LogP contribution is -2.51. The number of rotatable bonds is 1. The van der Waals surface area contributed by atoms with Crippen LogP contribution in [0.3, 0.4) is 0 Å². The van der Waals surface area contributed by atoms with E-state index in [4.69, 9.17) is 9.47 Å². The average Bonchev–Trinajstić information content (AvgIpc) is 3.40. The van der Waals surface area contributed by atoms with Gasteiger partial charge in [-0.25, -0.2) is 0 Å². The van der Waals surface area contributed by atoms with Gasteiger partial charge in [0.25, 0.3) is 0 Å². The first-order valence-corrected chi connectivity index (χ1v) is 12.4. The van der Waals surface area contributed by atoms with E-state index in [1.54, 1.807) is 11.1 Å². The van der Waals surface area contributed by atoms with E-state index in [-0.39, 0.29) is 18.1 Å². The summed E-state index contributed by atoms with van der Waals surface area (Å²) in [6.07, 6.45) is 9.45. The molecule has 2 saturated carbocycles. The summed E-state index contributed by atoms with van der Waals surface area (Å²) in [6, 6.07) is 6.45. The standard InChI is InChI=1S/C29H33NO3/c1-4-12-29(31)13-11-24-22-8-5-18-14-20(30-3)7-9-21(18)27(22)23(16-28(24,29)2)19-6-10-25-26(15-19)33-17-32-25/h6,10,14-15,22-24,31H,5,7-9,11,13,16-17H2,1-3H3/b30-20+/t22-,23+,24-,28-,29-/m0/s1. The first-order valence-electron chi connectivity index (χ1n) is 12.4. The highest BCUT2D eigenvalue weighted by Crippen LogP contribution is 2.66. The van der Waals surface area contributed by atoms with Crippen LogP contribution in [0.15, 0.2) is 46.0 Å². The lowest BCUT2D eigenvalue weighted by molar-refractivity contribution is -0.0513. The maximum atomic E-state index is 11.8. The van der Waals surface area contributed by atoms with Crippen molar-refractivity contribution in [2.45, 2.75) is 70.3 Å². The Hall–Kier alpha value is -2.51. The normalized spacial score (nSPS) is 37.6. The summed E-state index contributed by atoms with van der Waals surface area (Å²) in [5.74, 6) is 9.21. The Balaban J connectivity index is 1.53. The summed E-state index contributed by atoms with van der Waals surface area (Å²) < 4.78 is 11.4. The molecule has 4 nitrogen and oxygen atoms in total. The van der Waals surface area contributed by atoms with Crippen LogP contribution in [0.5, 0.6) is 11.5 Å². The van der Waals surface area contributed by atoms with Crippen LogP contribution in [0, 0.1) is 29.1 Å². The molecule has 4 aliphatic carbocycles. The Bertz CT molecular complexity index is 1170. The van der Waals surface area contributed by atoms with Crippen molar-refractivity contribution in [3.05, 3.63) is 46.6 Å². The smallest absolute Gasteiger partial charge is 0.231 e. The van der Waals surface area contributed by atoms with Gasteiger partial charge in [0, 0.05) is 24.1 Å². The first-order chi connectivity index (χ1) is 16.0. The fourth-order valence-electron chi connectivity index (χ4n) is 7.69. The van der Waals surface area contributed by atoms with Crippen molar-refractivity contribution in [3.63, 3.8) is 0 Å². The van der Waals surface area contributed by atoms with Crippen molar-refractivity contribution in [1.82, 2.24) is 0 Å². The molecule has 0 spiro atoms. The number of benzene rings is 1. The third-order valence-electron chi connectivity index (χ3n) is 9.32. The zero-order valence-corrected chi connectivity index (χ0v) is 19.9. The molecule has 1 N–H and O–H groups in total. The lowest BCUT2D eigenvalue weighted by Gasteiger charge is -2.53. The van der Waals surface area contributed by atoms with Crippen molar-refractivity contribution in [1.29, 1.82) is 0 Å². The minimum Gasteiger partial charge on any atom is -0.454 e. The zero-order valence-electron chi connectivity index (χ0n) is 19.9. The minimum absolute atomic E-state index is 0.225. The number of aliphatic hydroxyl groups is 1. The summed E-state index contributed by atoms with van der Waals surface area (Å²) in [5, 5.41) is 11.8. The van der Waals surface area contributed by atoms with Gasteiger partial charge in [0.1, 0.15) is 5.60 Å². The second-order valence-electron chi connectivity index (χ2n) is 10.6. The SMILES string of the molecule is CC#C[C@]1(O)CC[C@H]2[C@@H]3CCC4=C/C(=N/C)CCC4=C3[C@@H](c3ccc4c(c3)OCO4)C[C@@]21C. The number of fused-ring (bicyclic) bond motifs is 5. The summed E-state index contributed by atoms with van der Waals surface area (Å²) in [7, 11) is 1.91. The predicted molar refractivity (Wildman–Crippen MR) is 130 cm³/mol. The second kappa shape index (κ2) is 7.50. The van der Waals surface area contributed by atoms with E-state index in [0.29, 0.717) is 11.8 Å². The van der Waals surface area contributed by atoms with E-state index >= 15 is 0 Å². The Morgan fingerprint density at radius 1 is 1.12 bits per heavy atom. The molecule has 0 saturated heterocycles. The monoisotopic (exact) mass is 443 g/mol. The Kier molecular flexibility index (Phi) is 4.79. The Morgan fingerprint density at radius 3 is 2.79 bits per heavy atom. The van der Waals surface area contributed by atoms with E-state index in [2.05, 4.69) is 48.0 Å². The first kappa shape index (κ1) is 21.1. The summed E-state index contributed by atoms with van der Waals surface area (Å²) in [6.45, 7) is 4.45. The summed E-state index contributed by atoms with van der Waals surface area (Å²) in [5.41, 5.74) is 6.05. The molecule has 0 radical (unpaired) electrons. The maximum absolute atomic E-state index is 11.8. The molecule has 0 unspecified atom stereocenters. The quantitative estimate of drug-likeness (QED) is 0.577. The topological polar surface area (TPSA) is 51.1 Å². The molecule has 2 fully saturated rings. The van der Waals surface area contributed by atoms with Crippen molar-refractivity contribution in [3.8, 4) is 23.3 Å². The third kappa shape index (κ3) is 2.98. The second-order valence-corrected chi connectivity index (χ2v) is 10.6. The molecular formula is C29H33NO3. The highest BCUT2D eigenvalue weighted by atomic mass is 16.7. The zero-order chi connectivity index (χ0) is 22.8. The van der Waals surface area contributed by atoms with Gasteiger partial charge in [0.2, 0.25) is 6.79 Å². The lowest BCUT2D eigenvalue weighted by atomic mass is 9.51. The molecule has 1 heterocycles. The fourth-order valence-corrected chi connectivity index (χ4v) is 7.69. The molecular weight excluding hydrogens is 410 g/mol. The highest BCUT2D eigenvalue weighted by molar-refractivity contribution is 5.97. The van der Waals surface area contributed by atoms with Gasteiger partial charge in [0.15, 0.2) is 11.5 Å². The van der Waals surface area contributed by atoms with Gasteiger partial charge < -0.3 is 14.6 Å². The number of ether oxygens (including phenoxy) is 2. The van der Waals surface area contributed by atoms with E-state index in [1.165, 1.54) is 16.8 Å². The van der Waals surface area contributed by atoms with Gasteiger partial charge in [-0.3, -0.25) is 4.99 Å². The van der Waals surface area contributed by atoms with Gasteiger partial charge in [-0.15, -0.1) is 5.92 Å². The third-order valence-corrected chi connectivity index (χ3v) is 9.32. The highest BCUT2D eigenvalue weighted by Gasteiger charge is 2.62. The largest absolute Gasteiger partial charge is 0.454 e. The van der Waals surface area contributed by atoms with Gasteiger partial charge in [-0.2, -0.15) is 0 Å². The Morgan fingerprint density at radius 2 is 1.97 bits per heavy atom. The van der Waals surface area contributed by atoms with Gasteiger partial charge in [-0.05, 0) is 98.6 Å². The molecule has 0 aromatic heterocycles. The average molecular weight is 444 g/mol. The molecule has 5 atom stereocenters. The van der Waals surface area contributed by atoms with Crippen molar-refractivity contribution in [2.75, 3.05) is 13.8 Å². The van der Waals surface area contributed by atoms with Crippen LogP contribution in [0.1, 0.15) is 70.3 Å². The van der Waals surface area contributed by atoms with Gasteiger partial charge in [0.05, 0.1) is 0 Å². The summed E-state index contributed by atoms with van der Waals surface area (Å²) >= 11 is 0. The van der Waals surface area contributed by atoms with Crippen LogP contribution in [0.4, 0.5) is 0 Å². The fraction of sp³-hybridized carbons (Fsp3) is 0.552. The molecule has 1 aliphatic heterocycles. The van der Waals surface area contributed by atoms with E-state index < -0.39 is 5.60 Å². The molecule has 5 aliphatic rings. The van der Waals surface area contributed by atoms with Gasteiger partial charge >= 0.3 is 0 Å². The van der Waals surface area contributed by atoms with Crippen LogP contribution in [0.25, 0.3) is 0 Å². The number of hydrogen-bond acceptors (Lipinski definition) is 4. The van der Waals surface area contributed by atoms with Crippen LogP contribution >= 0.6 is 0 Å². The molecule has 172 valence electrons. The van der Waals surface area contributed by atoms with Crippen molar-refractivity contribution < 1.29 is 14.6 Å². The number of allylic oxidation sites excluding steroid dienone is 4. The van der Waals surface area contributed by atoms with Crippen molar-refractivity contribution >= 4 is 5.71 Å². The Labute approximate surface area is 196 Å². The van der Waals surface area contributed by atoms with Crippen molar-refractivity contribution in [2.24, 2.45) is 22.2 Å².